The normalized spacial score (nSPS) is 10.7. The number of benzene rings is 2. The molecular formula is C20H18Cl2N4O2. The number of carbonyl (C=O) groups excluding carboxylic acids is 2. The fraction of sp³-hybridized carbons (Fsp3) is 0.150. The Balaban J connectivity index is 1.78. The van der Waals surface area contributed by atoms with Crippen molar-refractivity contribution in [3.63, 3.8) is 0 Å². The number of nitrogens with zero attached hydrogens (tertiary/aromatic N) is 2. The average molecular weight is 417 g/mol. The number of rotatable bonds is 5. The Morgan fingerprint density at radius 3 is 2.36 bits per heavy atom. The van der Waals surface area contributed by atoms with Crippen molar-refractivity contribution in [2.24, 2.45) is 5.73 Å². The number of aryl methyl sites for hydroxylation is 1. The number of halogens is 2. The number of hydrogen-bond acceptors (Lipinski definition) is 3. The van der Waals surface area contributed by atoms with E-state index in [1.165, 1.54) is 0 Å². The maximum Gasteiger partial charge on any atom is 0.248 e. The molecule has 0 unspecified atom stereocenters. The van der Waals surface area contributed by atoms with Crippen LogP contribution in [0.3, 0.4) is 0 Å². The second-order valence-electron chi connectivity index (χ2n) is 6.33. The van der Waals surface area contributed by atoms with Crippen molar-refractivity contribution in [3.05, 3.63) is 75.0 Å². The number of carbonyl (C=O) groups is 2. The van der Waals surface area contributed by atoms with Gasteiger partial charge in [0.05, 0.1) is 27.8 Å². The fourth-order valence-electron chi connectivity index (χ4n) is 2.88. The summed E-state index contributed by atoms with van der Waals surface area (Å²) in [5.74, 6) is -0.703. The monoisotopic (exact) mass is 416 g/mol. The molecule has 6 nitrogen and oxygen atoms in total. The zero-order chi connectivity index (χ0) is 20.4. The highest BCUT2D eigenvalue weighted by molar-refractivity contribution is 6.42. The van der Waals surface area contributed by atoms with E-state index < -0.39 is 5.91 Å². The van der Waals surface area contributed by atoms with Gasteiger partial charge in [-0.2, -0.15) is 5.10 Å². The Labute approximate surface area is 172 Å². The zero-order valence-electron chi connectivity index (χ0n) is 15.3. The molecule has 0 aliphatic heterocycles. The number of hydrogen-bond donors (Lipinski definition) is 2. The van der Waals surface area contributed by atoms with Crippen LogP contribution in [-0.2, 0) is 11.2 Å². The minimum Gasteiger partial charge on any atom is -0.366 e. The molecule has 0 saturated carbocycles. The lowest BCUT2D eigenvalue weighted by Gasteiger charge is -2.08. The number of amides is 2. The third-order valence-corrected chi connectivity index (χ3v) is 5.12. The molecule has 2 amide bonds. The lowest BCUT2D eigenvalue weighted by Crippen LogP contribution is -2.16. The van der Waals surface area contributed by atoms with Crippen LogP contribution in [-0.4, -0.2) is 21.6 Å². The predicted octanol–water partition coefficient (Wildman–Crippen LogP) is 4.08. The van der Waals surface area contributed by atoms with Gasteiger partial charge in [0.25, 0.3) is 0 Å². The molecule has 28 heavy (non-hydrogen) atoms. The predicted molar refractivity (Wildman–Crippen MR) is 110 cm³/mol. The summed E-state index contributed by atoms with van der Waals surface area (Å²) < 4.78 is 1.74. The highest BCUT2D eigenvalue weighted by atomic mass is 35.5. The molecule has 3 N–H and O–H groups in total. The van der Waals surface area contributed by atoms with Gasteiger partial charge in [-0.25, -0.2) is 4.68 Å². The van der Waals surface area contributed by atoms with Crippen LogP contribution in [0.1, 0.15) is 27.3 Å². The molecule has 0 radical (unpaired) electrons. The summed E-state index contributed by atoms with van der Waals surface area (Å²) in [4.78, 5) is 23.6. The topological polar surface area (TPSA) is 90.0 Å². The molecule has 8 heteroatoms. The summed E-state index contributed by atoms with van der Waals surface area (Å²) in [5.41, 5.74) is 9.38. The van der Waals surface area contributed by atoms with Crippen molar-refractivity contribution in [2.45, 2.75) is 20.3 Å². The Bertz CT molecular complexity index is 1060. The summed E-state index contributed by atoms with van der Waals surface area (Å²) in [5, 5.41) is 8.24. The lowest BCUT2D eigenvalue weighted by atomic mass is 10.1. The van der Waals surface area contributed by atoms with Gasteiger partial charge in [-0.1, -0.05) is 23.2 Å². The fourth-order valence-corrected chi connectivity index (χ4v) is 3.17. The summed E-state index contributed by atoms with van der Waals surface area (Å²) in [6.45, 7) is 3.75. The second-order valence-corrected chi connectivity index (χ2v) is 7.14. The number of anilines is 1. The smallest absolute Gasteiger partial charge is 0.248 e. The second kappa shape index (κ2) is 8.04. The first-order valence-electron chi connectivity index (χ1n) is 8.46. The quantitative estimate of drug-likeness (QED) is 0.656. The van der Waals surface area contributed by atoms with Crippen molar-refractivity contribution in [3.8, 4) is 5.69 Å². The lowest BCUT2D eigenvalue weighted by molar-refractivity contribution is -0.115. The molecule has 3 rings (SSSR count). The molecule has 3 aromatic rings. The van der Waals surface area contributed by atoms with Crippen LogP contribution in [0.2, 0.25) is 10.0 Å². The largest absolute Gasteiger partial charge is 0.366 e. The van der Waals surface area contributed by atoms with Crippen LogP contribution in [0.25, 0.3) is 5.69 Å². The Morgan fingerprint density at radius 2 is 1.75 bits per heavy atom. The van der Waals surface area contributed by atoms with Gasteiger partial charge in [0.2, 0.25) is 11.8 Å². The Morgan fingerprint density at radius 1 is 1.07 bits per heavy atom. The van der Waals surface area contributed by atoms with E-state index in [0.29, 0.717) is 21.3 Å². The van der Waals surface area contributed by atoms with Crippen molar-refractivity contribution in [2.75, 3.05) is 5.32 Å². The first-order chi connectivity index (χ1) is 13.3. The van der Waals surface area contributed by atoms with Gasteiger partial charge in [-0.3, -0.25) is 9.59 Å². The van der Waals surface area contributed by atoms with Crippen LogP contribution in [0.4, 0.5) is 5.69 Å². The number of nitrogens with two attached hydrogens (primary N) is 1. The van der Waals surface area contributed by atoms with Crippen LogP contribution in [0.5, 0.6) is 0 Å². The van der Waals surface area contributed by atoms with Crippen LogP contribution in [0.15, 0.2) is 42.5 Å². The first-order valence-corrected chi connectivity index (χ1v) is 9.22. The van der Waals surface area contributed by atoms with E-state index in [1.807, 2.05) is 19.9 Å². The van der Waals surface area contributed by atoms with Crippen LogP contribution >= 0.6 is 23.2 Å². The standard InChI is InChI=1S/C20H18Cl2N4O2/c1-11-16(10-19(27)24-14-5-3-13(4-6-14)20(23)28)12(2)26(25-11)15-7-8-17(21)18(22)9-15/h3-9H,10H2,1-2H3,(H2,23,28)(H,24,27). The zero-order valence-corrected chi connectivity index (χ0v) is 16.8. The van der Waals surface area contributed by atoms with Gasteiger partial charge in [0.1, 0.15) is 0 Å². The van der Waals surface area contributed by atoms with E-state index in [1.54, 1.807) is 41.1 Å². The third-order valence-electron chi connectivity index (χ3n) is 4.38. The van der Waals surface area contributed by atoms with E-state index in [4.69, 9.17) is 28.9 Å². The van der Waals surface area contributed by atoms with Crippen LogP contribution in [0, 0.1) is 13.8 Å². The molecule has 0 aliphatic carbocycles. The SMILES string of the molecule is Cc1nn(-c2ccc(Cl)c(Cl)c2)c(C)c1CC(=O)Nc1ccc(C(N)=O)cc1. The van der Waals surface area contributed by atoms with Crippen LogP contribution < -0.4 is 11.1 Å². The van der Waals surface area contributed by atoms with Crippen molar-refractivity contribution in [1.82, 2.24) is 9.78 Å². The van der Waals surface area contributed by atoms with Gasteiger partial charge in [-0.15, -0.1) is 0 Å². The molecule has 0 fully saturated rings. The highest BCUT2D eigenvalue weighted by Gasteiger charge is 2.17. The summed E-state index contributed by atoms with van der Waals surface area (Å²) in [7, 11) is 0. The summed E-state index contributed by atoms with van der Waals surface area (Å²) in [6, 6.07) is 11.7. The van der Waals surface area contributed by atoms with Gasteiger partial charge in [0, 0.05) is 22.5 Å². The minimum atomic E-state index is -0.515. The van der Waals surface area contributed by atoms with Gasteiger partial charge >= 0.3 is 0 Å². The molecule has 0 aliphatic rings. The van der Waals surface area contributed by atoms with Gasteiger partial charge in [-0.05, 0) is 56.3 Å². The van der Waals surface area contributed by atoms with Crippen molar-refractivity contribution >= 4 is 40.7 Å². The van der Waals surface area contributed by atoms with E-state index in [2.05, 4.69) is 10.4 Å². The Hall–Kier alpha value is -2.83. The molecule has 1 heterocycles. The molecule has 144 valence electrons. The third kappa shape index (κ3) is 4.18. The number of primary amides is 1. The van der Waals surface area contributed by atoms with E-state index in [9.17, 15) is 9.59 Å². The summed E-state index contributed by atoms with van der Waals surface area (Å²) in [6.07, 6.45) is 0.163. The molecule has 2 aromatic carbocycles. The molecule has 0 spiro atoms. The molecular weight excluding hydrogens is 399 g/mol. The first kappa shape index (κ1) is 19.9. The van der Waals surface area contributed by atoms with E-state index >= 15 is 0 Å². The number of nitrogens with one attached hydrogen (secondary N) is 1. The molecule has 0 bridgehead atoms. The van der Waals surface area contributed by atoms with Gasteiger partial charge < -0.3 is 11.1 Å². The number of aromatic nitrogens is 2. The van der Waals surface area contributed by atoms with E-state index in [0.717, 1.165) is 22.6 Å². The molecule has 0 atom stereocenters. The maximum atomic E-state index is 12.5. The molecule has 1 aromatic heterocycles. The Kier molecular flexibility index (Phi) is 5.72. The molecule has 0 saturated heterocycles. The van der Waals surface area contributed by atoms with Crippen molar-refractivity contribution < 1.29 is 9.59 Å². The van der Waals surface area contributed by atoms with E-state index in [-0.39, 0.29) is 12.3 Å². The van der Waals surface area contributed by atoms with Crippen molar-refractivity contribution in [1.29, 1.82) is 0 Å². The van der Waals surface area contributed by atoms with Gasteiger partial charge in [0.15, 0.2) is 0 Å². The highest BCUT2D eigenvalue weighted by Crippen LogP contribution is 2.26. The minimum absolute atomic E-state index is 0.163. The maximum absolute atomic E-state index is 12.5. The average Bonchev–Trinajstić information content (AvgIpc) is 2.92. The summed E-state index contributed by atoms with van der Waals surface area (Å²) >= 11 is 12.1.